The summed E-state index contributed by atoms with van der Waals surface area (Å²) in [7, 11) is 0. The molecule has 0 aliphatic rings. The molecule has 0 aliphatic carbocycles. The maximum Gasteiger partial charge on any atom is 0.0466 e. The fraction of sp³-hybridized carbons (Fsp3) is 0.800. The van der Waals surface area contributed by atoms with E-state index >= 15 is 0 Å². The van der Waals surface area contributed by atoms with Gasteiger partial charge in [0.2, 0.25) is 0 Å². The zero-order valence-corrected chi connectivity index (χ0v) is 28.4. The lowest BCUT2D eigenvalue weighted by Gasteiger charge is -2.01. The first-order valence-electron chi connectivity index (χ1n) is 15.0. The normalized spacial score (nSPS) is 5.81. The molecule has 0 radical (unpaired) electrons. The van der Waals surface area contributed by atoms with Crippen LogP contribution in [0, 0.1) is 0 Å². The summed E-state index contributed by atoms with van der Waals surface area (Å²) in [5.74, 6) is 0. The van der Waals surface area contributed by atoms with Gasteiger partial charge in [-0.15, -0.1) is 52.6 Å². The van der Waals surface area contributed by atoms with Crippen LogP contribution in [-0.2, 0) is 9.47 Å². The highest BCUT2D eigenvalue weighted by atomic mass is 16.5. The Morgan fingerprint density at radius 3 is 0.619 bits per heavy atom. The molecule has 0 saturated heterocycles. The van der Waals surface area contributed by atoms with E-state index in [4.69, 9.17) is 9.47 Å². The molecule has 0 atom stereocenters. The quantitative estimate of drug-likeness (QED) is 0.143. The summed E-state index contributed by atoms with van der Waals surface area (Å²) in [5, 5.41) is 0. The third kappa shape index (κ3) is 336. The summed E-state index contributed by atoms with van der Waals surface area (Å²) < 4.78 is 10.7. The predicted octanol–water partition coefficient (Wildman–Crippen LogP) is 17.1. The van der Waals surface area contributed by atoms with Gasteiger partial charge in [0.05, 0.1) is 0 Å². The van der Waals surface area contributed by atoms with Crippen LogP contribution < -0.4 is 0 Å². The number of hydrogen-bond donors (Lipinski definition) is 0. The molecule has 0 aliphatic heterocycles. The van der Waals surface area contributed by atoms with Crippen LogP contribution in [-0.4, -0.2) is 26.4 Å². The molecule has 2 heteroatoms. The summed E-state index contributed by atoms with van der Waals surface area (Å²) >= 11 is 0. The Labute approximate surface area is 280 Å². The Morgan fingerprint density at radius 1 is 0.286 bits per heavy atom. The van der Waals surface area contributed by atoms with Crippen molar-refractivity contribution in [1.82, 2.24) is 0 Å². The van der Waals surface area contributed by atoms with Crippen LogP contribution in [0.4, 0.5) is 0 Å². The lowest BCUT2D eigenvalue weighted by atomic mass is 10.2. The summed E-state index contributed by atoms with van der Waals surface area (Å²) in [6.07, 6.45) is 12.6. The molecule has 0 N–H and O–H groups in total. The van der Waals surface area contributed by atoms with E-state index in [9.17, 15) is 0 Å². The van der Waals surface area contributed by atoms with Crippen molar-refractivity contribution in [3.05, 3.63) is 52.6 Å². The molecular weight excluding hydrogens is 512 g/mol. The smallest absolute Gasteiger partial charge is 0.0466 e. The monoisotopic (exact) mass is 617 g/mol. The number of rotatable bonds is 14. The Morgan fingerprint density at radius 2 is 0.452 bits per heavy atom. The zero-order valence-electron chi connectivity index (χ0n) is 28.4. The van der Waals surface area contributed by atoms with Crippen molar-refractivity contribution in [2.45, 2.75) is 192 Å². The molecule has 0 aromatic heterocycles. The van der Waals surface area contributed by atoms with Gasteiger partial charge in [-0.25, -0.2) is 0 Å². The van der Waals surface area contributed by atoms with E-state index in [-0.39, 0.29) is 44.6 Å². The maximum atomic E-state index is 5.42. The van der Waals surface area contributed by atoms with Crippen LogP contribution in [0.1, 0.15) is 192 Å². The van der Waals surface area contributed by atoms with Gasteiger partial charge < -0.3 is 9.47 Å². The molecule has 42 heavy (non-hydrogen) atoms. The van der Waals surface area contributed by atoms with Gasteiger partial charge in [0.25, 0.3) is 0 Å². The molecule has 0 rings (SSSR count). The van der Waals surface area contributed by atoms with E-state index < -0.39 is 0 Å². The molecule has 2 nitrogen and oxygen atoms in total. The minimum Gasteiger partial charge on any atom is -0.381 e. The SMILES string of the molecule is C.C.C.C.C.C.C=C.C=C.C=C.C=C.CC.CC.CC.CC.CCCCCCOCCCC.CCCCOCCCC. The second kappa shape index (κ2) is 272. The minimum atomic E-state index is 0. The summed E-state index contributed by atoms with van der Waals surface area (Å²) in [4.78, 5) is 0. The first-order valence-corrected chi connectivity index (χ1v) is 15.0. The number of unbranched alkanes of at least 4 members (excludes halogenated alkanes) is 6. The Balaban J connectivity index is -0.0000000142. The van der Waals surface area contributed by atoms with E-state index in [0.29, 0.717) is 0 Å². The van der Waals surface area contributed by atoms with Crippen molar-refractivity contribution < 1.29 is 9.47 Å². The van der Waals surface area contributed by atoms with Gasteiger partial charge in [0.1, 0.15) is 0 Å². The fourth-order valence-electron chi connectivity index (χ4n) is 1.57. The summed E-state index contributed by atoms with van der Waals surface area (Å²) in [6.45, 7) is 52.6. The van der Waals surface area contributed by atoms with Gasteiger partial charge in [-0.1, -0.05) is 166 Å². The van der Waals surface area contributed by atoms with E-state index in [1.54, 1.807) is 0 Å². The minimum absolute atomic E-state index is 0. The van der Waals surface area contributed by atoms with Gasteiger partial charge in [-0.2, -0.15) is 0 Å². The summed E-state index contributed by atoms with van der Waals surface area (Å²) in [5.41, 5.74) is 0. The van der Waals surface area contributed by atoms with Crippen molar-refractivity contribution in [3.63, 3.8) is 0 Å². The Kier molecular flexibility index (Phi) is 681. The highest BCUT2D eigenvalue weighted by Crippen LogP contribution is 1.99. The lowest BCUT2D eigenvalue weighted by Crippen LogP contribution is -1.96. The predicted molar refractivity (Wildman–Crippen MR) is 221 cm³/mol. The Bertz CT molecular complexity index is 162. The van der Waals surface area contributed by atoms with Gasteiger partial charge in [-0.05, 0) is 25.7 Å². The molecule has 0 bridgehead atoms. The highest BCUT2D eigenvalue weighted by molar-refractivity contribution is 4.39. The molecule has 0 heterocycles. The standard InChI is InChI=1S/C10H22O.C8H18O.4C2H6.4C2H4.6CH4/c1-3-5-7-8-10-11-9-6-4-2;1-3-5-7-9-8-6-4-2;8*1-2;;;;;;/h3-10H2,1-2H3;3-8H2,1-2H3;4*1-2H3;4*1-2H2;6*1H4. The van der Waals surface area contributed by atoms with Crippen molar-refractivity contribution >= 4 is 0 Å². The van der Waals surface area contributed by atoms with Gasteiger partial charge in [0.15, 0.2) is 0 Å². The van der Waals surface area contributed by atoms with Crippen LogP contribution in [0.25, 0.3) is 0 Å². The lowest BCUT2D eigenvalue weighted by molar-refractivity contribution is 0.127. The van der Waals surface area contributed by atoms with Crippen LogP contribution >= 0.6 is 0 Å². The number of hydrogen-bond acceptors (Lipinski definition) is 2. The average Bonchev–Trinajstić information content (AvgIpc) is 3.01. The molecule has 0 amide bonds. The molecular formula is C40H104O2. The van der Waals surface area contributed by atoms with E-state index in [1.165, 1.54) is 64.2 Å². The van der Waals surface area contributed by atoms with Crippen molar-refractivity contribution in [2.24, 2.45) is 0 Å². The second-order valence-corrected chi connectivity index (χ2v) is 5.35. The van der Waals surface area contributed by atoms with Gasteiger partial charge in [0, 0.05) is 26.4 Å². The van der Waals surface area contributed by atoms with Crippen LogP contribution in [0.3, 0.4) is 0 Å². The molecule has 0 spiro atoms. The van der Waals surface area contributed by atoms with Crippen molar-refractivity contribution in [2.75, 3.05) is 26.4 Å². The highest BCUT2D eigenvalue weighted by Gasteiger charge is 1.88. The second-order valence-electron chi connectivity index (χ2n) is 5.35. The zero-order chi connectivity index (χ0) is 31.3. The first kappa shape index (κ1) is 105. The van der Waals surface area contributed by atoms with Crippen molar-refractivity contribution in [3.8, 4) is 0 Å². The molecule has 0 aromatic carbocycles. The Hall–Kier alpha value is -1.12. The topological polar surface area (TPSA) is 18.5 Å². The van der Waals surface area contributed by atoms with Crippen LogP contribution in [0.15, 0.2) is 52.6 Å². The third-order valence-electron chi connectivity index (χ3n) is 3.07. The third-order valence-corrected chi connectivity index (χ3v) is 3.07. The van der Waals surface area contributed by atoms with Gasteiger partial charge >= 0.3 is 0 Å². The number of ether oxygens (including phenoxy) is 2. The van der Waals surface area contributed by atoms with Crippen LogP contribution in [0.5, 0.6) is 0 Å². The fourth-order valence-corrected chi connectivity index (χ4v) is 1.57. The average molecular weight is 617 g/mol. The van der Waals surface area contributed by atoms with Crippen molar-refractivity contribution in [1.29, 1.82) is 0 Å². The van der Waals surface area contributed by atoms with E-state index in [0.717, 1.165) is 26.4 Å². The molecule has 0 aromatic rings. The molecule has 0 fully saturated rings. The largest absolute Gasteiger partial charge is 0.381 e. The molecule has 0 saturated carbocycles. The first-order chi connectivity index (χ1) is 17.8. The van der Waals surface area contributed by atoms with E-state index in [1.807, 2.05) is 55.4 Å². The maximum absolute atomic E-state index is 5.42. The van der Waals surface area contributed by atoms with Gasteiger partial charge in [-0.3, -0.25) is 0 Å². The van der Waals surface area contributed by atoms with E-state index in [2.05, 4.69) is 80.3 Å². The summed E-state index contributed by atoms with van der Waals surface area (Å²) in [6, 6.07) is 0. The molecule has 0 unspecified atom stereocenters. The van der Waals surface area contributed by atoms with Crippen LogP contribution in [0.2, 0.25) is 0 Å². The molecule has 276 valence electrons.